The first-order valence-electron chi connectivity index (χ1n) is 6.68. The Morgan fingerprint density at radius 1 is 1.29 bits per heavy atom. The van der Waals surface area contributed by atoms with Crippen molar-refractivity contribution in [2.75, 3.05) is 0 Å². The van der Waals surface area contributed by atoms with Crippen LogP contribution in [0.5, 0.6) is 0 Å². The summed E-state index contributed by atoms with van der Waals surface area (Å²) in [6, 6.07) is 5.61. The maximum Gasteiger partial charge on any atom is 0.304 e. The van der Waals surface area contributed by atoms with Crippen LogP contribution >= 0.6 is 0 Å². The monoisotopic (exact) mass is 288 g/mol. The number of halogens is 1. The van der Waals surface area contributed by atoms with Gasteiger partial charge in [-0.05, 0) is 31.9 Å². The van der Waals surface area contributed by atoms with Gasteiger partial charge in [0.2, 0.25) is 5.82 Å². The molecule has 21 heavy (non-hydrogen) atoms. The normalized spacial score (nSPS) is 14.1. The van der Waals surface area contributed by atoms with Gasteiger partial charge in [0.1, 0.15) is 0 Å². The predicted octanol–water partition coefficient (Wildman–Crippen LogP) is 3.35. The molecule has 0 unspecified atom stereocenters. The Labute approximate surface area is 120 Å². The van der Waals surface area contributed by atoms with Gasteiger partial charge in [-0.25, -0.2) is 0 Å². The van der Waals surface area contributed by atoms with Crippen LogP contribution in [0.1, 0.15) is 34.6 Å². The highest BCUT2D eigenvalue weighted by molar-refractivity contribution is 5.98. The highest BCUT2D eigenvalue weighted by atomic mass is 19.1. The fraction of sp³-hybridized carbons (Fsp3) is 0.267. The number of rotatable bonds is 2. The highest BCUT2D eigenvalue weighted by Gasteiger charge is 2.24. The molecule has 3 rings (SSSR count). The van der Waals surface area contributed by atoms with E-state index in [0.717, 1.165) is 36.4 Å². The number of carbonyl (C=O) groups excluding carboxylic acids is 1. The van der Waals surface area contributed by atoms with Crippen LogP contribution in [-0.4, -0.2) is 15.3 Å². The number of nitro groups is 1. The molecule has 2 aromatic rings. The van der Waals surface area contributed by atoms with E-state index in [1.54, 1.807) is 10.6 Å². The Kier molecular flexibility index (Phi) is 3.08. The molecular weight excluding hydrogens is 275 g/mol. The van der Waals surface area contributed by atoms with Gasteiger partial charge in [0.25, 0.3) is 0 Å². The van der Waals surface area contributed by atoms with E-state index in [2.05, 4.69) is 0 Å². The first kappa shape index (κ1) is 13.5. The number of Topliss-reactive ketones (excluding diaryl/α,β-unsaturated/α-hetero) is 1. The molecule has 0 saturated heterocycles. The van der Waals surface area contributed by atoms with Gasteiger partial charge in [-0.15, -0.1) is 0 Å². The predicted molar refractivity (Wildman–Crippen MR) is 74.4 cm³/mol. The topological polar surface area (TPSA) is 65.1 Å². The number of hydrogen-bond donors (Lipinski definition) is 0. The Bertz CT molecular complexity index is 765. The number of ketones is 1. The van der Waals surface area contributed by atoms with Gasteiger partial charge < -0.3 is 4.57 Å². The second-order valence-electron chi connectivity index (χ2n) is 5.15. The number of benzene rings is 1. The van der Waals surface area contributed by atoms with Crippen molar-refractivity contribution in [1.82, 2.24) is 4.57 Å². The van der Waals surface area contributed by atoms with Gasteiger partial charge in [-0.1, -0.05) is 0 Å². The van der Waals surface area contributed by atoms with Gasteiger partial charge in [0, 0.05) is 41.2 Å². The minimum Gasteiger partial charge on any atom is -0.317 e. The summed E-state index contributed by atoms with van der Waals surface area (Å²) in [4.78, 5) is 21.8. The number of hydrogen-bond acceptors (Lipinski definition) is 3. The van der Waals surface area contributed by atoms with E-state index in [-0.39, 0.29) is 5.78 Å². The zero-order valence-electron chi connectivity index (χ0n) is 11.4. The van der Waals surface area contributed by atoms with Gasteiger partial charge in [-0.3, -0.25) is 14.9 Å². The number of nitro benzene ring substituents is 1. The number of aryl methyl sites for hydroxylation is 1. The first-order chi connectivity index (χ1) is 9.99. The quantitative estimate of drug-likeness (QED) is 0.628. The molecular formula is C15H13FN2O3. The van der Waals surface area contributed by atoms with Crippen LogP contribution in [0.2, 0.25) is 0 Å². The molecule has 0 bridgehead atoms. The van der Waals surface area contributed by atoms with E-state index in [0.29, 0.717) is 17.7 Å². The molecule has 0 radical (unpaired) electrons. The summed E-state index contributed by atoms with van der Waals surface area (Å²) in [5.74, 6) is -0.776. The van der Waals surface area contributed by atoms with Crippen molar-refractivity contribution in [3.05, 3.63) is 57.1 Å². The fourth-order valence-electron chi connectivity index (χ4n) is 2.87. The Morgan fingerprint density at radius 3 is 2.71 bits per heavy atom. The molecule has 1 heterocycles. The van der Waals surface area contributed by atoms with Crippen LogP contribution in [0.15, 0.2) is 24.3 Å². The molecule has 6 heteroatoms. The minimum absolute atomic E-state index is 0.0977. The lowest BCUT2D eigenvalue weighted by atomic mass is 9.96. The van der Waals surface area contributed by atoms with E-state index in [1.165, 1.54) is 6.07 Å². The molecule has 1 aromatic heterocycles. The molecule has 0 fully saturated rings. The second-order valence-corrected chi connectivity index (χ2v) is 5.15. The summed E-state index contributed by atoms with van der Waals surface area (Å²) in [5, 5.41) is 10.7. The number of fused-ring (bicyclic) bond motifs is 1. The van der Waals surface area contributed by atoms with Crippen LogP contribution in [0, 0.1) is 22.9 Å². The lowest BCUT2D eigenvalue weighted by Crippen LogP contribution is -2.12. The lowest BCUT2D eigenvalue weighted by Gasteiger charge is -2.16. The summed E-state index contributed by atoms with van der Waals surface area (Å²) >= 11 is 0. The molecule has 1 aromatic carbocycles. The molecule has 1 aliphatic carbocycles. The molecule has 0 aliphatic heterocycles. The van der Waals surface area contributed by atoms with Crippen molar-refractivity contribution in [2.45, 2.75) is 26.2 Å². The molecule has 0 N–H and O–H groups in total. The fourth-order valence-corrected chi connectivity index (χ4v) is 2.87. The summed E-state index contributed by atoms with van der Waals surface area (Å²) in [7, 11) is 0. The number of aromatic nitrogens is 1. The third-order valence-corrected chi connectivity index (χ3v) is 3.79. The van der Waals surface area contributed by atoms with Gasteiger partial charge >= 0.3 is 5.69 Å². The first-order valence-corrected chi connectivity index (χ1v) is 6.68. The maximum absolute atomic E-state index is 13.8. The van der Waals surface area contributed by atoms with E-state index < -0.39 is 16.4 Å². The van der Waals surface area contributed by atoms with E-state index in [9.17, 15) is 19.3 Å². The van der Waals surface area contributed by atoms with Crippen LogP contribution < -0.4 is 0 Å². The summed E-state index contributed by atoms with van der Waals surface area (Å²) < 4.78 is 15.6. The number of nitrogens with zero attached hydrogens (tertiary/aromatic N) is 2. The Hall–Kier alpha value is -2.50. The average Bonchev–Trinajstić information content (AvgIpc) is 2.76. The molecule has 108 valence electrons. The van der Waals surface area contributed by atoms with Crippen molar-refractivity contribution < 1.29 is 14.1 Å². The van der Waals surface area contributed by atoms with E-state index >= 15 is 0 Å². The highest BCUT2D eigenvalue weighted by Crippen LogP contribution is 2.29. The zero-order valence-corrected chi connectivity index (χ0v) is 11.4. The largest absolute Gasteiger partial charge is 0.317 e. The second kappa shape index (κ2) is 4.80. The van der Waals surface area contributed by atoms with Gasteiger partial charge in [-0.2, -0.15) is 4.39 Å². The third kappa shape index (κ3) is 2.12. The van der Waals surface area contributed by atoms with E-state index in [1.807, 2.05) is 6.92 Å². The van der Waals surface area contributed by atoms with Crippen LogP contribution in [0.3, 0.4) is 0 Å². The van der Waals surface area contributed by atoms with Crippen LogP contribution in [-0.2, 0) is 6.42 Å². The number of carbonyl (C=O) groups is 1. The van der Waals surface area contributed by atoms with Crippen molar-refractivity contribution >= 4 is 11.5 Å². The Balaban J connectivity index is 2.15. The summed E-state index contributed by atoms with van der Waals surface area (Å²) in [6.07, 6.45) is 2.04. The summed E-state index contributed by atoms with van der Waals surface area (Å²) in [6.45, 7) is 1.84. The molecule has 1 aliphatic rings. The zero-order chi connectivity index (χ0) is 15.1. The average molecular weight is 288 g/mol. The third-order valence-electron chi connectivity index (χ3n) is 3.79. The standard InChI is InChI=1S/C15H13FN2O3/c1-9-7-11-13(3-2-4-15(11)19)17(9)10-5-6-14(18(20)21)12(16)8-10/h5-8H,2-4H2,1H3. The molecule has 0 atom stereocenters. The molecule has 0 amide bonds. The SMILES string of the molecule is Cc1cc2c(n1-c1ccc([N+](=O)[O-])c(F)c1)CCCC2=O. The minimum atomic E-state index is -0.874. The van der Waals surface area contributed by atoms with Crippen molar-refractivity contribution in [3.8, 4) is 5.69 Å². The van der Waals surface area contributed by atoms with Crippen LogP contribution in [0.25, 0.3) is 5.69 Å². The Morgan fingerprint density at radius 2 is 2.05 bits per heavy atom. The van der Waals surface area contributed by atoms with Crippen molar-refractivity contribution in [3.63, 3.8) is 0 Å². The molecule has 0 spiro atoms. The smallest absolute Gasteiger partial charge is 0.304 e. The van der Waals surface area contributed by atoms with Gasteiger partial charge in [0.15, 0.2) is 5.78 Å². The van der Waals surface area contributed by atoms with Crippen LogP contribution in [0.4, 0.5) is 10.1 Å². The molecule has 0 saturated carbocycles. The van der Waals surface area contributed by atoms with Crippen molar-refractivity contribution in [2.24, 2.45) is 0 Å². The maximum atomic E-state index is 13.8. The summed E-state index contributed by atoms with van der Waals surface area (Å²) in [5.41, 5.74) is 2.32. The van der Waals surface area contributed by atoms with E-state index in [4.69, 9.17) is 0 Å². The van der Waals surface area contributed by atoms with Crippen molar-refractivity contribution in [1.29, 1.82) is 0 Å². The lowest BCUT2D eigenvalue weighted by molar-refractivity contribution is -0.387. The van der Waals surface area contributed by atoms with Gasteiger partial charge in [0.05, 0.1) is 4.92 Å². The molecule has 5 nitrogen and oxygen atoms in total.